The van der Waals surface area contributed by atoms with Gasteiger partial charge in [0.1, 0.15) is 0 Å². The quantitative estimate of drug-likeness (QED) is 0.319. The fraction of sp³-hybridized carbons (Fsp3) is 0.222. The second-order valence-electron chi connectivity index (χ2n) is 5.03. The lowest BCUT2D eigenvalue weighted by Gasteiger charge is -2.12. The Bertz CT molecular complexity index is 784. The zero-order chi connectivity index (χ0) is 17.5. The van der Waals surface area contributed by atoms with Crippen LogP contribution in [0.1, 0.15) is 16.7 Å². The Morgan fingerprint density at radius 2 is 1.54 bits per heavy atom. The van der Waals surface area contributed by atoms with E-state index in [1.165, 1.54) is 0 Å². The van der Waals surface area contributed by atoms with Gasteiger partial charge in [0.05, 0.1) is 21.3 Å². The third kappa shape index (κ3) is 3.80. The number of hydrogen-bond donors (Lipinski definition) is 0. The van der Waals surface area contributed by atoms with Crippen LogP contribution in [0.25, 0.3) is 22.6 Å². The van der Waals surface area contributed by atoms with Crippen molar-refractivity contribution in [1.82, 2.24) is 0 Å². The van der Waals surface area contributed by atoms with Gasteiger partial charge in [-0.15, -0.1) is 0 Å². The largest absolute Gasteiger partial charge is 0.493 e. The van der Waals surface area contributed by atoms with Gasteiger partial charge < -0.3 is 14.2 Å². The van der Waals surface area contributed by atoms with Crippen molar-refractivity contribution in [2.24, 2.45) is 5.11 Å². The first kappa shape index (κ1) is 17.2. The average Bonchev–Trinajstić information content (AvgIpc) is 2.61. The smallest absolute Gasteiger partial charge is 0.203 e. The summed E-state index contributed by atoms with van der Waals surface area (Å²) >= 11 is 0. The third-order valence-corrected chi connectivity index (χ3v) is 3.54. The van der Waals surface area contributed by atoms with Crippen molar-refractivity contribution in [2.45, 2.75) is 6.92 Å². The predicted molar refractivity (Wildman–Crippen MR) is 95.0 cm³/mol. The Hall–Kier alpha value is -3.11. The Morgan fingerprint density at radius 1 is 0.917 bits per heavy atom. The molecule has 0 fully saturated rings. The zero-order valence-corrected chi connectivity index (χ0v) is 14.1. The first-order valence-electron chi connectivity index (χ1n) is 7.26. The zero-order valence-electron chi connectivity index (χ0n) is 14.1. The maximum absolute atomic E-state index is 8.61. The topological polar surface area (TPSA) is 76.5 Å². The Kier molecular flexibility index (Phi) is 5.71. The number of aryl methyl sites for hydroxylation is 1. The van der Waals surface area contributed by atoms with E-state index in [1.807, 2.05) is 49.4 Å². The van der Waals surface area contributed by atoms with Crippen molar-refractivity contribution in [3.05, 3.63) is 57.5 Å². The van der Waals surface area contributed by atoms with Crippen molar-refractivity contribution < 1.29 is 14.2 Å². The molecular weight excluding hydrogens is 306 g/mol. The summed E-state index contributed by atoms with van der Waals surface area (Å²) in [6, 6.07) is 9.43. The van der Waals surface area contributed by atoms with Gasteiger partial charge in [0.2, 0.25) is 5.75 Å². The summed E-state index contributed by atoms with van der Waals surface area (Å²) in [5.41, 5.74) is 12.0. The summed E-state index contributed by atoms with van der Waals surface area (Å²) < 4.78 is 16.0. The SMILES string of the molecule is COc1cc(/C=C\c2ccc(C)c(N=[N+]=[N-])c2)cc(OC)c1OC. The fourth-order valence-corrected chi connectivity index (χ4v) is 2.28. The number of hydrogen-bond acceptors (Lipinski definition) is 4. The van der Waals surface area contributed by atoms with Gasteiger partial charge in [0.15, 0.2) is 11.5 Å². The van der Waals surface area contributed by atoms with Crippen LogP contribution in [0, 0.1) is 6.92 Å². The Morgan fingerprint density at radius 3 is 2.08 bits per heavy atom. The highest BCUT2D eigenvalue weighted by Crippen LogP contribution is 2.38. The van der Waals surface area contributed by atoms with Gasteiger partial charge in [-0.2, -0.15) is 0 Å². The second-order valence-corrected chi connectivity index (χ2v) is 5.03. The average molecular weight is 325 g/mol. The molecule has 124 valence electrons. The van der Waals surface area contributed by atoms with E-state index in [0.717, 1.165) is 16.7 Å². The highest BCUT2D eigenvalue weighted by atomic mass is 16.5. The summed E-state index contributed by atoms with van der Waals surface area (Å²) in [5.74, 6) is 1.74. The number of benzene rings is 2. The van der Waals surface area contributed by atoms with Gasteiger partial charge in [0.25, 0.3) is 0 Å². The molecule has 0 N–H and O–H groups in total. The molecule has 0 saturated heterocycles. The van der Waals surface area contributed by atoms with Gasteiger partial charge in [-0.25, -0.2) is 0 Å². The second kappa shape index (κ2) is 7.94. The molecule has 0 aliphatic rings. The third-order valence-electron chi connectivity index (χ3n) is 3.54. The Balaban J connectivity index is 2.38. The van der Waals surface area contributed by atoms with E-state index in [1.54, 1.807) is 21.3 Å². The highest BCUT2D eigenvalue weighted by molar-refractivity contribution is 5.74. The van der Waals surface area contributed by atoms with E-state index in [9.17, 15) is 0 Å². The van der Waals surface area contributed by atoms with E-state index in [0.29, 0.717) is 22.9 Å². The normalized spacial score (nSPS) is 10.3. The van der Waals surface area contributed by atoms with Crippen LogP contribution < -0.4 is 14.2 Å². The minimum absolute atomic E-state index is 0.554. The monoisotopic (exact) mass is 325 g/mol. The first-order chi connectivity index (χ1) is 11.6. The molecule has 0 atom stereocenters. The molecule has 0 saturated carbocycles. The lowest BCUT2D eigenvalue weighted by molar-refractivity contribution is 0.324. The molecule has 2 rings (SSSR count). The number of nitrogens with zero attached hydrogens (tertiary/aromatic N) is 3. The summed E-state index contributed by atoms with van der Waals surface area (Å²) in [7, 11) is 4.73. The van der Waals surface area contributed by atoms with Crippen LogP contribution >= 0.6 is 0 Å². The van der Waals surface area contributed by atoms with Gasteiger partial charge >= 0.3 is 0 Å². The molecule has 0 radical (unpaired) electrons. The Labute approximate surface area is 140 Å². The van der Waals surface area contributed by atoms with Crippen LogP contribution in [0.2, 0.25) is 0 Å². The van der Waals surface area contributed by atoms with E-state index in [2.05, 4.69) is 10.0 Å². The van der Waals surface area contributed by atoms with Gasteiger partial charge in [-0.3, -0.25) is 0 Å². The van der Waals surface area contributed by atoms with Crippen LogP contribution in [0.15, 0.2) is 35.4 Å². The highest BCUT2D eigenvalue weighted by Gasteiger charge is 2.11. The minimum atomic E-state index is 0.554. The molecule has 0 aromatic heterocycles. The van der Waals surface area contributed by atoms with Crippen LogP contribution in [0.3, 0.4) is 0 Å². The van der Waals surface area contributed by atoms with Crippen LogP contribution in [-0.2, 0) is 0 Å². The lowest BCUT2D eigenvalue weighted by atomic mass is 10.1. The van der Waals surface area contributed by atoms with Gasteiger partial charge in [0, 0.05) is 10.6 Å². The lowest BCUT2D eigenvalue weighted by Crippen LogP contribution is -1.95. The molecular formula is C18H19N3O3. The summed E-state index contributed by atoms with van der Waals surface area (Å²) in [5, 5.41) is 3.69. The molecule has 0 aliphatic heterocycles. The predicted octanol–water partition coefficient (Wildman–Crippen LogP) is 5.13. The summed E-state index contributed by atoms with van der Waals surface area (Å²) in [6.45, 7) is 1.90. The number of methoxy groups -OCH3 is 3. The van der Waals surface area contributed by atoms with Gasteiger partial charge in [-0.05, 0) is 47.3 Å². The number of ether oxygens (including phenoxy) is 3. The molecule has 0 heterocycles. The standard InChI is InChI=1S/C18H19N3O3/c1-12-5-6-13(9-15(12)20-21-19)7-8-14-10-16(22-2)18(24-4)17(11-14)23-3/h5-11H,1-4H3/b8-7-. The maximum Gasteiger partial charge on any atom is 0.203 e. The first-order valence-corrected chi connectivity index (χ1v) is 7.26. The number of azide groups is 1. The number of rotatable bonds is 6. The molecule has 6 nitrogen and oxygen atoms in total. The van der Waals surface area contributed by atoms with E-state index in [4.69, 9.17) is 19.7 Å². The molecule has 2 aromatic carbocycles. The molecule has 0 aliphatic carbocycles. The van der Waals surface area contributed by atoms with Crippen molar-refractivity contribution >= 4 is 17.8 Å². The van der Waals surface area contributed by atoms with Gasteiger partial charge in [-0.1, -0.05) is 29.4 Å². The molecule has 24 heavy (non-hydrogen) atoms. The minimum Gasteiger partial charge on any atom is -0.493 e. The molecule has 0 unspecified atom stereocenters. The van der Waals surface area contributed by atoms with E-state index < -0.39 is 0 Å². The summed E-state index contributed by atoms with van der Waals surface area (Å²) in [4.78, 5) is 2.84. The van der Waals surface area contributed by atoms with Crippen LogP contribution in [-0.4, -0.2) is 21.3 Å². The molecule has 2 aromatic rings. The summed E-state index contributed by atoms with van der Waals surface area (Å²) in [6.07, 6.45) is 3.85. The van der Waals surface area contributed by atoms with Crippen molar-refractivity contribution in [2.75, 3.05) is 21.3 Å². The van der Waals surface area contributed by atoms with Crippen LogP contribution in [0.4, 0.5) is 5.69 Å². The molecule has 0 spiro atoms. The van der Waals surface area contributed by atoms with Crippen molar-refractivity contribution in [1.29, 1.82) is 0 Å². The molecule has 6 heteroatoms. The van der Waals surface area contributed by atoms with Crippen molar-refractivity contribution in [3.8, 4) is 17.2 Å². The molecule has 0 amide bonds. The molecule has 0 bridgehead atoms. The van der Waals surface area contributed by atoms with E-state index in [-0.39, 0.29) is 0 Å². The van der Waals surface area contributed by atoms with E-state index >= 15 is 0 Å². The maximum atomic E-state index is 8.61. The van der Waals surface area contributed by atoms with Crippen molar-refractivity contribution in [3.63, 3.8) is 0 Å². The fourth-order valence-electron chi connectivity index (χ4n) is 2.28. The van der Waals surface area contributed by atoms with Crippen LogP contribution in [0.5, 0.6) is 17.2 Å².